The number of amides is 1. The third-order valence-corrected chi connectivity index (χ3v) is 5.26. The fourth-order valence-corrected chi connectivity index (χ4v) is 3.64. The van der Waals surface area contributed by atoms with Gasteiger partial charge in [0.25, 0.3) is 0 Å². The van der Waals surface area contributed by atoms with Crippen LogP contribution in [-0.4, -0.2) is 28.1 Å². The molecule has 1 aromatic heterocycles. The van der Waals surface area contributed by atoms with Crippen molar-refractivity contribution in [3.05, 3.63) is 75.7 Å². The van der Waals surface area contributed by atoms with Crippen LogP contribution in [-0.2, 0) is 22.6 Å². The second-order valence-corrected chi connectivity index (χ2v) is 7.54. The van der Waals surface area contributed by atoms with Crippen molar-refractivity contribution >= 4 is 23.2 Å². The number of para-hydroxylation sites is 2. The third kappa shape index (κ3) is 5.62. The Morgan fingerprint density at radius 1 is 1.09 bits per heavy atom. The standard InChI is InChI=1S/C19H17N3O2S.C2HF3O2/c20-10-18-21-12(11-25-18)9-17(23)22-19-13-5-1-3-7-15(13)24-16-8-4-2-6-14(16)19;3-2(4,5)1(6)7/h1-8,11,19H,9-10,20H2,(H,22,23);(H,6,7). The molecular weight excluding hydrogens is 447 g/mol. The highest BCUT2D eigenvalue weighted by Gasteiger charge is 2.38. The summed E-state index contributed by atoms with van der Waals surface area (Å²) in [5.41, 5.74) is 8.24. The maximum Gasteiger partial charge on any atom is 0.490 e. The highest BCUT2D eigenvalue weighted by atomic mass is 32.1. The quantitative estimate of drug-likeness (QED) is 0.540. The van der Waals surface area contributed by atoms with E-state index in [2.05, 4.69) is 10.3 Å². The van der Waals surface area contributed by atoms with Gasteiger partial charge in [0.15, 0.2) is 0 Å². The monoisotopic (exact) mass is 465 g/mol. The maximum absolute atomic E-state index is 12.6. The number of hydrogen-bond donors (Lipinski definition) is 3. The lowest BCUT2D eigenvalue weighted by Gasteiger charge is -2.28. The van der Waals surface area contributed by atoms with Crippen molar-refractivity contribution in [1.82, 2.24) is 10.3 Å². The van der Waals surface area contributed by atoms with Gasteiger partial charge in [0.1, 0.15) is 16.5 Å². The number of carboxylic acid groups (broad SMARTS) is 1. The molecule has 4 N–H and O–H groups in total. The number of carbonyl (C=O) groups is 2. The Kier molecular flexibility index (Phi) is 7.11. The number of halogens is 3. The minimum Gasteiger partial charge on any atom is -0.475 e. The molecule has 0 spiro atoms. The number of benzene rings is 2. The van der Waals surface area contributed by atoms with Crippen LogP contribution >= 0.6 is 11.3 Å². The molecule has 11 heteroatoms. The molecule has 32 heavy (non-hydrogen) atoms. The fraction of sp³-hybridized carbons (Fsp3) is 0.190. The molecule has 0 radical (unpaired) electrons. The summed E-state index contributed by atoms with van der Waals surface area (Å²) in [6.07, 6.45) is -4.85. The second-order valence-electron chi connectivity index (χ2n) is 6.59. The van der Waals surface area contributed by atoms with Crippen LogP contribution in [0.15, 0.2) is 53.9 Å². The largest absolute Gasteiger partial charge is 0.490 e. The van der Waals surface area contributed by atoms with Crippen molar-refractivity contribution in [3.63, 3.8) is 0 Å². The fourth-order valence-electron chi connectivity index (χ4n) is 2.97. The molecule has 2 aromatic carbocycles. The summed E-state index contributed by atoms with van der Waals surface area (Å²) < 4.78 is 37.7. The normalized spacial score (nSPS) is 12.5. The molecular formula is C21H18F3N3O4S. The molecule has 0 unspecified atom stereocenters. The molecule has 0 bridgehead atoms. The molecule has 168 valence electrons. The average molecular weight is 465 g/mol. The number of carboxylic acids is 1. The summed E-state index contributed by atoms with van der Waals surface area (Å²) in [4.78, 5) is 25.8. The van der Waals surface area contributed by atoms with Gasteiger partial charge in [-0.15, -0.1) is 11.3 Å². The van der Waals surface area contributed by atoms with Crippen LogP contribution in [0.25, 0.3) is 0 Å². The lowest BCUT2D eigenvalue weighted by atomic mass is 9.94. The van der Waals surface area contributed by atoms with Gasteiger partial charge in [0.2, 0.25) is 5.91 Å². The summed E-state index contributed by atoms with van der Waals surface area (Å²) >= 11 is 1.48. The van der Waals surface area contributed by atoms with Crippen molar-refractivity contribution in [2.75, 3.05) is 0 Å². The molecule has 2 heterocycles. The lowest BCUT2D eigenvalue weighted by molar-refractivity contribution is -0.192. The van der Waals surface area contributed by atoms with Gasteiger partial charge in [-0.05, 0) is 12.1 Å². The molecule has 0 atom stereocenters. The van der Waals surface area contributed by atoms with Crippen molar-refractivity contribution in [1.29, 1.82) is 0 Å². The van der Waals surface area contributed by atoms with Gasteiger partial charge in [0, 0.05) is 23.1 Å². The first kappa shape index (κ1) is 23.2. The summed E-state index contributed by atoms with van der Waals surface area (Å²) in [6, 6.07) is 15.3. The number of aromatic nitrogens is 1. The lowest BCUT2D eigenvalue weighted by Crippen LogP contribution is -2.32. The van der Waals surface area contributed by atoms with Crippen LogP contribution < -0.4 is 15.8 Å². The molecule has 0 fully saturated rings. The molecule has 7 nitrogen and oxygen atoms in total. The topological polar surface area (TPSA) is 115 Å². The molecule has 1 aliphatic rings. The van der Waals surface area contributed by atoms with Crippen LogP contribution in [0.1, 0.15) is 27.9 Å². The number of alkyl halides is 3. The zero-order chi connectivity index (χ0) is 23.3. The van der Waals surface area contributed by atoms with E-state index in [0.717, 1.165) is 33.3 Å². The van der Waals surface area contributed by atoms with Gasteiger partial charge in [0.05, 0.1) is 18.2 Å². The van der Waals surface area contributed by atoms with E-state index < -0.39 is 12.1 Å². The SMILES string of the molecule is NCc1nc(CC(=O)NC2c3ccccc3Oc3ccccc32)cs1.O=C(O)C(F)(F)F. The third-order valence-electron chi connectivity index (χ3n) is 4.34. The zero-order valence-corrected chi connectivity index (χ0v) is 17.2. The van der Waals surface area contributed by atoms with E-state index in [1.54, 1.807) is 0 Å². The predicted octanol–water partition coefficient (Wildman–Crippen LogP) is 3.79. The molecule has 3 aromatic rings. The van der Waals surface area contributed by atoms with E-state index in [1.807, 2.05) is 53.9 Å². The Morgan fingerprint density at radius 3 is 2.09 bits per heavy atom. The zero-order valence-electron chi connectivity index (χ0n) is 16.4. The summed E-state index contributed by atoms with van der Waals surface area (Å²) in [7, 11) is 0. The van der Waals surface area contributed by atoms with Crippen molar-refractivity contribution in [2.24, 2.45) is 5.73 Å². The number of ether oxygens (including phenoxy) is 1. The van der Waals surface area contributed by atoms with Crippen LogP contribution in [0.2, 0.25) is 0 Å². The van der Waals surface area contributed by atoms with E-state index in [1.165, 1.54) is 11.3 Å². The van der Waals surface area contributed by atoms with E-state index in [0.29, 0.717) is 6.54 Å². The highest BCUT2D eigenvalue weighted by molar-refractivity contribution is 7.09. The van der Waals surface area contributed by atoms with Gasteiger partial charge in [-0.2, -0.15) is 13.2 Å². The summed E-state index contributed by atoms with van der Waals surface area (Å²) in [5.74, 6) is -1.30. The predicted molar refractivity (Wildman–Crippen MR) is 110 cm³/mol. The number of aliphatic carboxylic acids is 1. The van der Waals surface area contributed by atoms with Crippen molar-refractivity contribution in [2.45, 2.75) is 25.2 Å². The number of rotatable bonds is 4. The number of hydrogen-bond acceptors (Lipinski definition) is 6. The minimum absolute atomic E-state index is 0.0784. The first-order chi connectivity index (χ1) is 15.2. The number of thiazole rings is 1. The van der Waals surface area contributed by atoms with Crippen LogP contribution in [0.4, 0.5) is 13.2 Å². The number of carbonyl (C=O) groups excluding carboxylic acids is 1. The van der Waals surface area contributed by atoms with E-state index >= 15 is 0 Å². The molecule has 1 aliphatic heterocycles. The van der Waals surface area contributed by atoms with Gasteiger partial charge < -0.3 is 20.9 Å². The molecule has 0 saturated heterocycles. The van der Waals surface area contributed by atoms with Crippen LogP contribution in [0.3, 0.4) is 0 Å². The second kappa shape index (κ2) is 9.79. The van der Waals surface area contributed by atoms with E-state index in [-0.39, 0.29) is 18.4 Å². The Bertz CT molecular complexity index is 1070. The van der Waals surface area contributed by atoms with Gasteiger partial charge in [-0.1, -0.05) is 36.4 Å². The number of nitrogens with two attached hydrogens (primary N) is 1. The molecule has 0 saturated carbocycles. The number of nitrogens with zero attached hydrogens (tertiary/aromatic N) is 1. The molecule has 0 aliphatic carbocycles. The molecule has 1 amide bonds. The van der Waals surface area contributed by atoms with Crippen LogP contribution in [0, 0.1) is 0 Å². The van der Waals surface area contributed by atoms with Crippen molar-refractivity contribution in [3.8, 4) is 11.5 Å². The van der Waals surface area contributed by atoms with Gasteiger partial charge in [-0.25, -0.2) is 9.78 Å². The first-order valence-electron chi connectivity index (χ1n) is 9.27. The number of fused-ring (bicyclic) bond motifs is 2. The summed E-state index contributed by atoms with van der Waals surface area (Å²) in [5, 5.41) is 13.0. The maximum atomic E-state index is 12.6. The van der Waals surface area contributed by atoms with Crippen LogP contribution in [0.5, 0.6) is 11.5 Å². The van der Waals surface area contributed by atoms with E-state index in [4.69, 9.17) is 20.4 Å². The smallest absolute Gasteiger partial charge is 0.475 e. The molecule has 4 rings (SSSR count). The van der Waals surface area contributed by atoms with Gasteiger partial charge >= 0.3 is 12.1 Å². The van der Waals surface area contributed by atoms with Gasteiger partial charge in [-0.3, -0.25) is 4.79 Å². The Morgan fingerprint density at radius 2 is 1.62 bits per heavy atom. The highest BCUT2D eigenvalue weighted by Crippen LogP contribution is 2.42. The first-order valence-corrected chi connectivity index (χ1v) is 10.2. The minimum atomic E-state index is -5.08. The Balaban J connectivity index is 0.000000360. The summed E-state index contributed by atoms with van der Waals surface area (Å²) in [6.45, 7) is 0.396. The van der Waals surface area contributed by atoms with Crippen molar-refractivity contribution < 1.29 is 32.6 Å². The van der Waals surface area contributed by atoms with E-state index in [9.17, 15) is 18.0 Å². The number of nitrogens with one attached hydrogen (secondary N) is 1. The average Bonchev–Trinajstić information content (AvgIpc) is 3.20. The Hall–Kier alpha value is -3.44. The Labute approximate surface area is 184 Å².